The Morgan fingerprint density at radius 2 is 1.68 bits per heavy atom. The van der Waals surface area contributed by atoms with Crippen LogP contribution in [-0.4, -0.2) is 5.78 Å². The molecule has 0 amide bonds. The van der Waals surface area contributed by atoms with Gasteiger partial charge in [-0.15, -0.1) is 0 Å². The molecule has 31 heavy (non-hydrogen) atoms. The summed E-state index contributed by atoms with van der Waals surface area (Å²) < 4.78 is 0. The number of fused-ring (bicyclic) bond motifs is 3. The van der Waals surface area contributed by atoms with Gasteiger partial charge in [-0.05, 0) is 90.8 Å². The molecular formula is C30H48O. The second-order valence-corrected chi connectivity index (χ2v) is 13.3. The molecule has 1 nitrogen and oxygen atoms in total. The number of ketones is 1. The fourth-order valence-electron chi connectivity index (χ4n) is 9.60. The highest BCUT2D eigenvalue weighted by atomic mass is 16.1. The maximum atomic E-state index is 12.9. The smallest absolute Gasteiger partial charge is 0.138 e. The molecule has 0 heterocycles. The van der Waals surface area contributed by atoms with Crippen molar-refractivity contribution in [3.05, 3.63) is 23.8 Å². The van der Waals surface area contributed by atoms with E-state index in [1.165, 1.54) is 44.1 Å². The van der Waals surface area contributed by atoms with Gasteiger partial charge in [0, 0.05) is 11.8 Å². The van der Waals surface area contributed by atoms with Crippen molar-refractivity contribution in [2.24, 2.45) is 51.2 Å². The van der Waals surface area contributed by atoms with E-state index in [0.717, 1.165) is 18.8 Å². The molecule has 1 heteroatoms. The summed E-state index contributed by atoms with van der Waals surface area (Å²) in [7, 11) is 0. The van der Waals surface area contributed by atoms with Gasteiger partial charge in [0.15, 0.2) is 0 Å². The third-order valence-corrected chi connectivity index (χ3v) is 12.0. The van der Waals surface area contributed by atoms with Crippen molar-refractivity contribution >= 4 is 5.78 Å². The minimum absolute atomic E-state index is 0.162. The maximum absolute atomic E-state index is 12.9. The Kier molecular flexibility index (Phi) is 5.51. The fraction of sp³-hybridized carbons (Fsp3) is 0.833. The number of carbonyl (C=O) groups excluding carboxylic acids is 1. The highest BCUT2D eigenvalue weighted by Gasteiger charge is 2.65. The summed E-state index contributed by atoms with van der Waals surface area (Å²) in [4.78, 5) is 12.9. The van der Waals surface area contributed by atoms with Gasteiger partial charge in [0.2, 0.25) is 0 Å². The fourth-order valence-corrected chi connectivity index (χ4v) is 9.60. The van der Waals surface area contributed by atoms with Crippen molar-refractivity contribution in [3.8, 4) is 0 Å². The summed E-state index contributed by atoms with van der Waals surface area (Å²) in [5.41, 5.74) is 3.90. The number of hydrogen-bond acceptors (Lipinski definition) is 1. The third-order valence-electron chi connectivity index (χ3n) is 12.0. The van der Waals surface area contributed by atoms with Crippen LogP contribution in [0.3, 0.4) is 0 Å². The molecule has 0 aromatic heterocycles. The molecular weight excluding hydrogens is 376 g/mol. The van der Waals surface area contributed by atoms with Crippen molar-refractivity contribution in [2.45, 2.75) is 107 Å². The van der Waals surface area contributed by atoms with Gasteiger partial charge in [0.05, 0.1) is 0 Å². The van der Waals surface area contributed by atoms with Gasteiger partial charge in [-0.3, -0.25) is 4.79 Å². The molecule has 0 spiro atoms. The van der Waals surface area contributed by atoms with Crippen LogP contribution in [-0.2, 0) is 4.79 Å². The van der Waals surface area contributed by atoms with Gasteiger partial charge in [-0.1, -0.05) is 79.2 Å². The van der Waals surface area contributed by atoms with E-state index in [4.69, 9.17) is 0 Å². The zero-order valence-corrected chi connectivity index (χ0v) is 21.7. The van der Waals surface area contributed by atoms with Crippen LogP contribution in [0.25, 0.3) is 0 Å². The summed E-state index contributed by atoms with van der Waals surface area (Å²) >= 11 is 0. The highest BCUT2D eigenvalue weighted by molar-refractivity contribution is 5.85. The van der Waals surface area contributed by atoms with Gasteiger partial charge >= 0.3 is 0 Å². The van der Waals surface area contributed by atoms with Crippen LogP contribution < -0.4 is 0 Å². The van der Waals surface area contributed by atoms with Gasteiger partial charge in [0.25, 0.3) is 0 Å². The van der Waals surface area contributed by atoms with Gasteiger partial charge in [-0.25, -0.2) is 0 Å². The van der Waals surface area contributed by atoms with E-state index in [-0.39, 0.29) is 16.2 Å². The van der Waals surface area contributed by atoms with Crippen molar-refractivity contribution in [1.29, 1.82) is 0 Å². The molecule has 4 aliphatic carbocycles. The van der Waals surface area contributed by atoms with Crippen molar-refractivity contribution < 1.29 is 4.79 Å². The lowest BCUT2D eigenvalue weighted by atomic mass is 9.36. The first-order valence-corrected chi connectivity index (χ1v) is 13.3. The topological polar surface area (TPSA) is 17.1 Å². The largest absolute Gasteiger partial charge is 0.299 e. The summed E-state index contributed by atoms with van der Waals surface area (Å²) in [6, 6.07) is 0. The molecule has 0 aromatic rings. The molecule has 8 atom stereocenters. The Balaban J connectivity index is 1.80. The molecule has 0 unspecified atom stereocenters. The first kappa shape index (κ1) is 23.3. The molecule has 174 valence electrons. The number of allylic oxidation sites excluding steroid dienone is 3. The summed E-state index contributed by atoms with van der Waals surface area (Å²) in [5, 5.41) is 0. The Labute approximate surface area is 192 Å². The predicted octanol–water partition coefficient (Wildman–Crippen LogP) is 8.40. The zero-order chi connectivity index (χ0) is 23.0. The van der Waals surface area contributed by atoms with E-state index < -0.39 is 0 Å². The third kappa shape index (κ3) is 2.96. The number of rotatable bonds is 2. The molecule has 0 aromatic carbocycles. The first-order chi connectivity index (χ1) is 14.3. The zero-order valence-electron chi connectivity index (χ0n) is 21.7. The predicted molar refractivity (Wildman–Crippen MR) is 132 cm³/mol. The Bertz CT molecular complexity index is 801. The van der Waals surface area contributed by atoms with Crippen LogP contribution in [0, 0.1) is 51.2 Å². The Morgan fingerprint density at radius 1 is 1.00 bits per heavy atom. The SMILES string of the molecule is C=C1CC[C@@H](C)[C@@H](C2=CC[C@@H]3[C@@]4(C)CCC(=O)C(C)(C)[C@@H]4CC[C@@]3(C)[C@]2(C)CC)[C@H]1C. The molecule has 0 bridgehead atoms. The van der Waals surface area contributed by atoms with Crippen LogP contribution in [0.5, 0.6) is 0 Å². The lowest BCUT2D eigenvalue weighted by molar-refractivity contribution is -0.177. The van der Waals surface area contributed by atoms with E-state index >= 15 is 0 Å². The second kappa shape index (κ2) is 7.33. The minimum Gasteiger partial charge on any atom is -0.299 e. The molecule has 3 saturated carbocycles. The quantitative estimate of drug-likeness (QED) is 0.407. The van der Waals surface area contributed by atoms with Gasteiger partial charge in [0.1, 0.15) is 5.78 Å². The van der Waals surface area contributed by atoms with E-state index in [1.54, 1.807) is 5.57 Å². The number of carbonyl (C=O) groups is 1. The van der Waals surface area contributed by atoms with Crippen molar-refractivity contribution in [3.63, 3.8) is 0 Å². The minimum atomic E-state index is -0.162. The van der Waals surface area contributed by atoms with Crippen molar-refractivity contribution in [2.75, 3.05) is 0 Å². The van der Waals surface area contributed by atoms with Crippen LogP contribution in [0.2, 0.25) is 0 Å². The number of Topliss-reactive ketones (excluding diaryl/α,β-unsaturated/α-hetero) is 1. The average molecular weight is 425 g/mol. The van der Waals surface area contributed by atoms with Crippen LogP contribution in [0.15, 0.2) is 23.8 Å². The first-order valence-electron chi connectivity index (χ1n) is 13.3. The summed E-state index contributed by atoms with van der Waals surface area (Å²) in [6.45, 7) is 24.2. The van der Waals surface area contributed by atoms with E-state index in [0.29, 0.717) is 34.9 Å². The van der Waals surface area contributed by atoms with Gasteiger partial charge < -0.3 is 0 Å². The normalized spacial score (nSPS) is 49.8. The van der Waals surface area contributed by atoms with Crippen LogP contribution >= 0.6 is 0 Å². The second-order valence-electron chi connectivity index (χ2n) is 13.3. The van der Waals surface area contributed by atoms with E-state index in [1.807, 2.05) is 0 Å². The monoisotopic (exact) mass is 424 g/mol. The molecule has 4 rings (SSSR count). The van der Waals surface area contributed by atoms with E-state index in [9.17, 15) is 4.79 Å². The maximum Gasteiger partial charge on any atom is 0.138 e. The molecule has 4 aliphatic rings. The molecule has 0 N–H and O–H groups in total. The van der Waals surface area contributed by atoms with Crippen LogP contribution in [0.4, 0.5) is 0 Å². The van der Waals surface area contributed by atoms with Crippen LogP contribution in [0.1, 0.15) is 107 Å². The van der Waals surface area contributed by atoms with Crippen molar-refractivity contribution in [1.82, 2.24) is 0 Å². The molecule has 0 aliphatic heterocycles. The standard InChI is InChI=1S/C30H48O/c1-10-29(8)22(26-20(3)12-11-19(2)21(26)4)13-14-24-28(7)17-16-25(31)27(5,6)23(28)15-18-30(24,29)9/h13,20-21,23-24,26H,2,10-12,14-18H2,1,3-9H3/t20-,21+,23+,24-,26-,28+,29-,30-/m1/s1. The molecule has 0 radical (unpaired) electrons. The lowest BCUT2D eigenvalue weighted by Crippen LogP contribution is -2.62. The van der Waals surface area contributed by atoms with E-state index in [2.05, 4.69) is 68.0 Å². The van der Waals surface area contributed by atoms with Gasteiger partial charge in [-0.2, -0.15) is 0 Å². The lowest BCUT2D eigenvalue weighted by Gasteiger charge is -2.68. The average Bonchev–Trinajstić information content (AvgIpc) is 2.71. The highest BCUT2D eigenvalue weighted by Crippen LogP contribution is 2.72. The number of hydrogen-bond donors (Lipinski definition) is 0. The molecule has 3 fully saturated rings. The Morgan fingerprint density at radius 3 is 2.32 bits per heavy atom. The summed E-state index contributed by atoms with van der Waals surface area (Å²) in [5.74, 6) is 3.71. The summed E-state index contributed by atoms with van der Waals surface area (Å²) in [6.07, 6.45) is 12.0. The Hall–Kier alpha value is -0.850. The molecule has 0 saturated heterocycles.